The Labute approximate surface area is 99.6 Å². The lowest BCUT2D eigenvalue weighted by Gasteiger charge is -2.16. The van der Waals surface area contributed by atoms with E-state index in [1.165, 1.54) is 29.1 Å². The monoisotopic (exact) mass is 230 g/mol. The maximum Gasteiger partial charge on any atom is 0.147 e. The average Bonchev–Trinajstić information content (AvgIpc) is 3.01. The zero-order chi connectivity index (χ0) is 10.8. The van der Waals surface area contributed by atoms with Crippen molar-refractivity contribution < 1.29 is 0 Å². The van der Waals surface area contributed by atoms with Crippen LogP contribution in [0.4, 0.5) is 5.82 Å². The lowest BCUT2D eigenvalue weighted by atomic mass is 10.2. The van der Waals surface area contributed by atoms with Crippen LogP contribution < -0.4 is 4.90 Å². The molecule has 0 unspecified atom stereocenters. The van der Waals surface area contributed by atoms with Crippen LogP contribution >= 0.6 is 11.3 Å². The summed E-state index contributed by atoms with van der Waals surface area (Å²) in [6.45, 7) is 2.31. The van der Waals surface area contributed by atoms with Gasteiger partial charge in [-0.25, -0.2) is 4.98 Å². The number of hydrogen-bond acceptors (Lipinski definition) is 3. The number of thiazole rings is 1. The van der Waals surface area contributed by atoms with Crippen molar-refractivity contribution in [3.63, 3.8) is 0 Å². The maximum absolute atomic E-state index is 4.52. The summed E-state index contributed by atoms with van der Waals surface area (Å²) < 4.78 is 0. The van der Waals surface area contributed by atoms with Crippen LogP contribution in [-0.2, 0) is 0 Å². The van der Waals surface area contributed by atoms with Gasteiger partial charge in [0.05, 0.1) is 10.4 Å². The molecule has 2 heterocycles. The Balaban J connectivity index is 1.99. The van der Waals surface area contributed by atoms with Crippen LogP contribution in [0.2, 0.25) is 0 Å². The molecule has 82 valence electrons. The number of rotatable bonds is 2. The highest BCUT2D eigenvalue weighted by molar-refractivity contribution is 7.13. The summed E-state index contributed by atoms with van der Waals surface area (Å²) in [7, 11) is 0. The Kier molecular flexibility index (Phi) is 2.62. The molecule has 1 aromatic carbocycles. The summed E-state index contributed by atoms with van der Waals surface area (Å²) in [5.41, 5.74) is 3.24. The topological polar surface area (TPSA) is 16.1 Å². The van der Waals surface area contributed by atoms with Crippen molar-refractivity contribution >= 4 is 17.2 Å². The van der Waals surface area contributed by atoms with E-state index >= 15 is 0 Å². The Hall–Kier alpha value is -1.35. The van der Waals surface area contributed by atoms with Crippen molar-refractivity contribution in [1.82, 2.24) is 4.98 Å². The maximum atomic E-state index is 4.52. The first kappa shape index (κ1) is 9.85. The Morgan fingerprint density at radius 1 is 1.06 bits per heavy atom. The van der Waals surface area contributed by atoms with Crippen LogP contribution in [0.25, 0.3) is 10.4 Å². The smallest absolute Gasteiger partial charge is 0.147 e. The van der Waals surface area contributed by atoms with Gasteiger partial charge in [-0.3, -0.25) is 0 Å². The minimum Gasteiger partial charge on any atom is -0.355 e. The van der Waals surface area contributed by atoms with Crippen LogP contribution in [0.1, 0.15) is 12.8 Å². The van der Waals surface area contributed by atoms with Gasteiger partial charge in [0, 0.05) is 13.1 Å². The third-order valence-electron chi connectivity index (χ3n) is 2.99. The van der Waals surface area contributed by atoms with Crippen LogP contribution in [0.15, 0.2) is 35.8 Å². The van der Waals surface area contributed by atoms with Gasteiger partial charge in [0.1, 0.15) is 5.82 Å². The van der Waals surface area contributed by atoms with Gasteiger partial charge in [-0.2, -0.15) is 0 Å². The van der Waals surface area contributed by atoms with Crippen molar-refractivity contribution in [2.24, 2.45) is 0 Å². The third-order valence-corrected chi connectivity index (χ3v) is 3.86. The normalized spacial score (nSPS) is 15.6. The largest absolute Gasteiger partial charge is 0.355 e. The first-order chi connectivity index (χ1) is 7.95. The Morgan fingerprint density at radius 2 is 1.81 bits per heavy atom. The highest BCUT2D eigenvalue weighted by Crippen LogP contribution is 2.34. The van der Waals surface area contributed by atoms with E-state index in [4.69, 9.17) is 0 Å². The highest BCUT2D eigenvalue weighted by atomic mass is 32.1. The molecule has 0 atom stereocenters. The first-order valence-electron chi connectivity index (χ1n) is 5.69. The van der Waals surface area contributed by atoms with E-state index in [0.29, 0.717) is 0 Å². The SMILES string of the molecule is c1ccc(-c2scnc2N2CCCC2)cc1. The summed E-state index contributed by atoms with van der Waals surface area (Å²) in [5, 5.41) is 0. The van der Waals surface area contributed by atoms with Gasteiger partial charge in [0.15, 0.2) is 0 Å². The lowest BCUT2D eigenvalue weighted by Crippen LogP contribution is -2.18. The second-order valence-electron chi connectivity index (χ2n) is 4.07. The molecule has 0 N–H and O–H groups in total. The minimum atomic E-state index is 1.16. The summed E-state index contributed by atoms with van der Waals surface area (Å²) in [6, 6.07) is 10.5. The molecule has 2 aromatic rings. The summed E-state index contributed by atoms with van der Waals surface area (Å²) in [6.07, 6.45) is 2.59. The van der Waals surface area contributed by atoms with Gasteiger partial charge in [0.25, 0.3) is 0 Å². The zero-order valence-corrected chi connectivity index (χ0v) is 9.91. The van der Waals surface area contributed by atoms with Gasteiger partial charge in [-0.05, 0) is 18.4 Å². The van der Waals surface area contributed by atoms with Crippen molar-refractivity contribution in [2.75, 3.05) is 18.0 Å². The molecular weight excluding hydrogens is 216 g/mol. The van der Waals surface area contributed by atoms with Crippen molar-refractivity contribution in [3.8, 4) is 10.4 Å². The van der Waals surface area contributed by atoms with Gasteiger partial charge >= 0.3 is 0 Å². The van der Waals surface area contributed by atoms with Gasteiger partial charge in [-0.1, -0.05) is 30.3 Å². The number of hydrogen-bond donors (Lipinski definition) is 0. The number of aromatic nitrogens is 1. The first-order valence-corrected chi connectivity index (χ1v) is 6.57. The van der Waals surface area contributed by atoms with Crippen molar-refractivity contribution in [1.29, 1.82) is 0 Å². The molecular formula is C13H14N2S. The fourth-order valence-electron chi connectivity index (χ4n) is 2.18. The standard InChI is InChI=1S/C13H14N2S/c1-2-6-11(7-3-1)12-13(14-10-16-12)15-8-4-5-9-15/h1-3,6-7,10H,4-5,8-9H2. The lowest BCUT2D eigenvalue weighted by molar-refractivity contribution is 0.947. The Bertz CT molecular complexity index is 458. The molecule has 0 amide bonds. The van der Waals surface area contributed by atoms with Crippen LogP contribution in [0, 0.1) is 0 Å². The van der Waals surface area contributed by atoms with Crippen molar-refractivity contribution in [2.45, 2.75) is 12.8 Å². The van der Waals surface area contributed by atoms with E-state index in [9.17, 15) is 0 Å². The number of benzene rings is 1. The van der Waals surface area contributed by atoms with E-state index in [1.54, 1.807) is 11.3 Å². The summed E-state index contributed by atoms with van der Waals surface area (Å²) in [4.78, 5) is 8.23. The van der Waals surface area contributed by atoms with E-state index in [0.717, 1.165) is 13.1 Å². The molecule has 3 heteroatoms. The van der Waals surface area contributed by atoms with Gasteiger partial charge in [-0.15, -0.1) is 11.3 Å². The minimum absolute atomic E-state index is 1.16. The molecule has 16 heavy (non-hydrogen) atoms. The molecule has 3 rings (SSSR count). The number of anilines is 1. The van der Waals surface area contributed by atoms with E-state index in [1.807, 2.05) is 5.51 Å². The molecule has 1 aliphatic heterocycles. The van der Waals surface area contributed by atoms with Crippen LogP contribution in [0.3, 0.4) is 0 Å². The molecule has 0 saturated carbocycles. The van der Waals surface area contributed by atoms with E-state index < -0.39 is 0 Å². The van der Waals surface area contributed by atoms with Gasteiger partial charge in [0.2, 0.25) is 0 Å². The van der Waals surface area contributed by atoms with Crippen LogP contribution in [0.5, 0.6) is 0 Å². The van der Waals surface area contributed by atoms with Crippen molar-refractivity contribution in [3.05, 3.63) is 35.8 Å². The molecule has 1 aliphatic rings. The highest BCUT2D eigenvalue weighted by Gasteiger charge is 2.18. The molecule has 0 spiro atoms. The molecule has 0 radical (unpaired) electrons. The molecule has 1 fully saturated rings. The predicted molar refractivity (Wildman–Crippen MR) is 69.0 cm³/mol. The van der Waals surface area contributed by atoms with Gasteiger partial charge < -0.3 is 4.90 Å². The summed E-state index contributed by atoms with van der Waals surface area (Å²) in [5.74, 6) is 1.17. The molecule has 0 aliphatic carbocycles. The van der Waals surface area contributed by atoms with E-state index in [-0.39, 0.29) is 0 Å². The summed E-state index contributed by atoms with van der Waals surface area (Å²) >= 11 is 1.74. The molecule has 1 saturated heterocycles. The second-order valence-corrected chi connectivity index (χ2v) is 4.92. The quantitative estimate of drug-likeness (QED) is 0.786. The zero-order valence-electron chi connectivity index (χ0n) is 9.10. The fraction of sp³-hybridized carbons (Fsp3) is 0.308. The van der Waals surface area contributed by atoms with E-state index in [2.05, 4.69) is 40.2 Å². The fourth-order valence-corrected chi connectivity index (χ4v) is 3.00. The third kappa shape index (κ3) is 1.71. The molecule has 2 nitrogen and oxygen atoms in total. The number of nitrogens with zero attached hydrogens (tertiary/aromatic N) is 2. The van der Waals surface area contributed by atoms with Crippen LogP contribution in [-0.4, -0.2) is 18.1 Å². The molecule has 1 aromatic heterocycles. The average molecular weight is 230 g/mol. The predicted octanol–water partition coefficient (Wildman–Crippen LogP) is 3.41. The molecule has 0 bridgehead atoms. The second kappa shape index (κ2) is 4.26. The Morgan fingerprint density at radius 3 is 2.56 bits per heavy atom.